The van der Waals surface area contributed by atoms with E-state index in [9.17, 15) is 9.18 Å². The van der Waals surface area contributed by atoms with Gasteiger partial charge in [-0.25, -0.2) is 14.4 Å². The van der Waals surface area contributed by atoms with Crippen molar-refractivity contribution in [2.75, 3.05) is 38.2 Å². The maximum Gasteiger partial charge on any atom is 0.320 e. The molecule has 3 aromatic rings. The molecule has 1 aromatic heterocycles. The summed E-state index contributed by atoms with van der Waals surface area (Å²) >= 11 is 5.95. The number of anilines is 2. The number of rotatable bonds is 10. The Kier molecular flexibility index (Phi) is 7.35. The second-order valence-corrected chi connectivity index (χ2v) is 10.6. The molecule has 5 rings (SSSR count). The third-order valence-electron chi connectivity index (χ3n) is 6.28. The van der Waals surface area contributed by atoms with Crippen LogP contribution in [-0.2, 0) is 9.53 Å². The second kappa shape index (κ2) is 10.7. The summed E-state index contributed by atoms with van der Waals surface area (Å²) in [4.78, 5) is 22.8. The molecule has 0 spiro atoms. The van der Waals surface area contributed by atoms with Crippen LogP contribution in [0.2, 0.25) is 5.02 Å². The number of benzene rings is 2. The van der Waals surface area contributed by atoms with Gasteiger partial charge in [0.25, 0.3) is 0 Å². The van der Waals surface area contributed by atoms with Crippen molar-refractivity contribution in [2.45, 2.75) is 38.7 Å². The molecule has 0 bridgehead atoms. The summed E-state index contributed by atoms with van der Waals surface area (Å²) in [6.07, 6.45) is 4.55. The van der Waals surface area contributed by atoms with Crippen LogP contribution in [0.5, 0.6) is 11.5 Å². The number of carbonyl (C=O) groups is 1. The van der Waals surface area contributed by atoms with Crippen LogP contribution in [-0.4, -0.2) is 59.3 Å². The highest BCUT2D eigenvalue weighted by Gasteiger charge is 2.32. The number of esters is 1. The lowest BCUT2D eigenvalue weighted by molar-refractivity contribution is -0.169. The highest BCUT2D eigenvalue weighted by Crippen LogP contribution is 2.37. The lowest BCUT2D eigenvalue weighted by Gasteiger charge is -2.37. The Morgan fingerprint density at radius 2 is 2.00 bits per heavy atom. The molecule has 0 amide bonds. The van der Waals surface area contributed by atoms with E-state index in [-0.39, 0.29) is 17.5 Å². The molecule has 0 radical (unpaired) electrons. The zero-order valence-corrected chi connectivity index (χ0v) is 21.7. The van der Waals surface area contributed by atoms with E-state index >= 15 is 0 Å². The van der Waals surface area contributed by atoms with Gasteiger partial charge in [-0.2, -0.15) is 0 Å². The maximum atomic E-state index is 13.6. The van der Waals surface area contributed by atoms with Crippen LogP contribution in [0.15, 0.2) is 36.7 Å². The number of aromatic nitrogens is 2. The zero-order chi connectivity index (χ0) is 26.0. The molecule has 1 aliphatic carbocycles. The topological polar surface area (TPSA) is 85.8 Å². The van der Waals surface area contributed by atoms with Crippen LogP contribution < -0.4 is 14.8 Å². The van der Waals surface area contributed by atoms with Crippen molar-refractivity contribution in [3.63, 3.8) is 0 Å². The van der Waals surface area contributed by atoms with Crippen molar-refractivity contribution in [3.05, 3.63) is 47.5 Å². The smallest absolute Gasteiger partial charge is 0.320 e. The molecule has 1 saturated carbocycles. The summed E-state index contributed by atoms with van der Waals surface area (Å²) in [5.41, 5.74) is 0.806. The van der Waals surface area contributed by atoms with E-state index in [2.05, 4.69) is 20.2 Å². The molecule has 0 unspecified atom stereocenters. The fourth-order valence-electron chi connectivity index (χ4n) is 4.37. The van der Waals surface area contributed by atoms with Crippen molar-refractivity contribution < 1.29 is 23.4 Å². The number of carbonyl (C=O) groups excluding carboxylic acids is 1. The normalized spacial score (nSPS) is 17.5. The highest BCUT2D eigenvalue weighted by molar-refractivity contribution is 6.31. The average molecular weight is 529 g/mol. The lowest BCUT2D eigenvalue weighted by atomic mass is 10.1. The van der Waals surface area contributed by atoms with E-state index in [1.807, 2.05) is 26.0 Å². The summed E-state index contributed by atoms with van der Waals surface area (Å²) in [6, 6.07) is 8.13. The molecule has 1 N–H and O–H groups in total. The Morgan fingerprint density at radius 1 is 1.19 bits per heavy atom. The number of nitrogens with one attached hydrogen (secondary N) is 1. The lowest BCUT2D eigenvalue weighted by Crippen LogP contribution is -2.51. The van der Waals surface area contributed by atoms with Gasteiger partial charge in [0.2, 0.25) is 0 Å². The van der Waals surface area contributed by atoms with E-state index in [0.717, 1.165) is 11.8 Å². The summed E-state index contributed by atoms with van der Waals surface area (Å²) in [5, 5.41) is 3.95. The second-order valence-electron chi connectivity index (χ2n) is 10.2. The Balaban J connectivity index is 1.33. The van der Waals surface area contributed by atoms with Crippen molar-refractivity contribution in [1.29, 1.82) is 0 Å². The van der Waals surface area contributed by atoms with Gasteiger partial charge >= 0.3 is 5.97 Å². The van der Waals surface area contributed by atoms with Crippen LogP contribution in [0.25, 0.3) is 10.9 Å². The molecule has 2 aromatic carbocycles. The predicted octanol–water partition coefficient (Wildman–Crippen LogP) is 5.36. The molecule has 196 valence electrons. The molecule has 10 heteroatoms. The van der Waals surface area contributed by atoms with Crippen molar-refractivity contribution >= 4 is 40.0 Å². The van der Waals surface area contributed by atoms with Crippen LogP contribution in [0.1, 0.15) is 33.1 Å². The molecular weight excluding hydrogens is 499 g/mol. The summed E-state index contributed by atoms with van der Waals surface area (Å²) < 4.78 is 31.3. The number of morpholine rings is 1. The minimum Gasteiger partial charge on any atom is -0.490 e. The Hall–Kier alpha value is -3.17. The number of halogens is 2. The minimum atomic E-state index is -0.490. The largest absolute Gasteiger partial charge is 0.490 e. The number of nitrogens with zero attached hydrogens (tertiary/aromatic N) is 3. The van der Waals surface area contributed by atoms with E-state index in [0.29, 0.717) is 60.7 Å². The molecule has 1 saturated heterocycles. The van der Waals surface area contributed by atoms with Crippen molar-refractivity contribution in [2.24, 2.45) is 5.92 Å². The summed E-state index contributed by atoms with van der Waals surface area (Å²) in [6.45, 7) is 6.60. The van der Waals surface area contributed by atoms with Gasteiger partial charge in [0, 0.05) is 30.2 Å². The van der Waals surface area contributed by atoms with Gasteiger partial charge < -0.3 is 19.5 Å². The number of hydrogen-bond donors (Lipinski definition) is 1. The molecular formula is C27H30ClFN4O4. The van der Waals surface area contributed by atoms with Crippen LogP contribution in [0.3, 0.4) is 0 Å². The van der Waals surface area contributed by atoms with Gasteiger partial charge in [0.1, 0.15) is 23.6 Å². The molecule has 2 aliphatic rings. The number of cyclic esters (lactones) is 1. The van der Waals surface area contributed by atoms with Crippen LogP contribution >= 0.6 is 11.6 Å². The van der Waals surface area contributed by atoms with Crippen molar-refractivity contribution in [1.82, 2.24) is 14.9 Å². The van der Waals surface area contributed by atoms with Gasteiger partial charge in [-0.3, -0.25) is 9.69 Å². The van der Waals surface area contributed by atoms with E-state index < -0.39 is 11.4 Å². The monoisotopic (exact) mass is 528 g/mol. The Bertz CT molecular complexity index is 1300. The van der Waals surface area contributed by atoms with Crippen LogP contribution in [0.4, 0.5) is 15.9 Å². The molecule has 8 nitrogen and oxygen atoms in total. The SMILES string of the molecule is CC1(C)CN(CCCOc2cc3c(Nc4ccc(F)c(Cl)c4)ncnc3cc2OCC2CC2)CC(=O)O1. The average Bonchev–Trinajstić information content (AvgIpc) is 3.66. The third-order valence-corrected chi connectivity index (χ3v) is 6.57. The van der Waals surface area contributed by atoms with E-state index in [1.165, 1.54) is 31.3 Å². The van der Waals surface area contributed by atoms with Crippen LogP contribution in [0, 0.1) is 11.7 Å². The summed E-state index contributed by atoms with van der Waals surface area (Å²) in [7, 11) is 0. The fraction of sp³-hybridized carbons (Fsp3) is 0.444. The molecule has 0 atom stereocenters. The number of fused-ring (bicyclic) bond motifs is 1. The predicted molar refractivity (Wildman–Crippen MR) is 139 cm³/mol. The molecule has 2 heterocycles. The van der Waals surface area contributed by atoms with Crippen molar-refractivity contribution in [3.8, 4) is 11.5 Å². The first-order valence-corrected chi connectivity index (χ1v) is 12.8. The fourth-order valence-corrected chi connectivity index (χ4v) is 4.55. The highest BCUT2D eigenvalue weighted by atomic mass is 35.5. The first-order valence-electron chi connectivity index (χ1n) is 12.5. The zero-order valence-electron chi connectivity index (χ0n) is 20.9. The van der Waals surface area contributed by atoms with E-state index in [4.69, 9.17) is 25.8 Å². The molecule has 2 fully saturated rings. The van der Waals surface area contributed by atoms with Gasteiger partial charge in [-0.05, 0) is 63.3 Å². The number of ether oxygens (including phenoxy) is 3. The maximum absolute atomic E-state index is 13.6. The Labute approximate surface area is 220 Å². The quantitative estimate of drug-likeness (QED) is 0.278. The third kappa shape index (κ3) is 6.59. The number of hydrogen-bond acceptors (Lipinski definition) is 8. The standard InChI is InChI=1S/C27H30ClFN4O4/c1-27(2)15-33(13-25(34)37-27)8-3-9-35-23-11-19-22(12-24(23)36-14-17-4-5-17)30-16-31-26(19)32-18-6-7-21(29)20(28)10-18/h6-7,10-12,16-17H,3-5,8-9,13-15H2,1-2H3,(H,30,31,32). The van der Waals surface area contributed by atoms with Gasteiger partial charge in [-0.1, -0.05) is 11.6 Å². The summed E-state index contributed by atoms with van der Waals surface area (Å²) in [5.74, 6) is 1.66. The Morgan fingerprint density at radius 3 is 2.76 bits per heavy atom. The van der Waals surface area contributed by atoms with Gasteiger partial charge in [0.05, 0.1) is 30.3 Å². The first-order chi connectivity index (χ1) is 17.8. The first kappa shape index (κ1) is 25.5. The molecule has 1 aliphatic heterocycles. The minimum absolute atomic E-state index is 0.0218. The molecule has 37 heavy (non-hydrogen) atoms. The van der Waals surface area contributed by atoms with Gasteiger partial charge in [-0.15, -0.1) is 0 Å². The van der Waals surface area contributed by atoms with E-state index in [1.54, 1.807) is 6.07 Å². The van der Waals surface area contributed by atoms with Gasteiger partial charge in [0.15, 0.2) is 11.5 Å².